The molecule has 1 saturated heterocycles. The lowest BCUT2D eigenvalue weighted by Gasteiger charge is -2.27. The lowest BCUT2D eigenvalue weighted by Crippen LogP contribution is -2.47. The first-order chi connectivity index (χ1) is 30.9. The number of hydrogen-bond acceptors (Lipinski definition) is 9. The van der Waals surface area contributed by atoms with Gasteiger partial charge >= 0.3 is 6.09 Å². The molecule has 0 radical (unpaired) electrons. The summed E-state index contributed by atoms with van der Waals surface area (Å²) in [5, 5.41) is 4.59. The molecule has 14 heteroatoms. The van der Waals surface area contributed by atoms with Crippen molar-refractivity contribution in [3.8, 4) is 0 Å². The van der Waals surface area contributed by atoms with E-state index in [1.165, 1.54) is 22.1 Å². The maximum absolute atomic E-state index is 12.8. The highest BCUT2D eigenvalue weighted by Gasteiger charge is 2.43. The molecule has 1 amide bonds. The Bertz CT molecular complexity index is 2920. The summed E-state index contributed by atoms with van der Waals surface area (Å²) in [6.07, 6.45) is 11.2. The van der Waals surface area contributed by atoms with Gasteiger partial charge in [-0.05, 0) is 96.0 Å². The maximum atomic E-state index is 12.8. The zero-order valence-electron chi connectivity index (χ0n) is 38.0. The quantitative estimate of drug-likeness (QED) is 0.0830. The molecule has 0 unspecified atom stereocenters. The highest BCUT2D eigenvalue weighted by Crippen LogP contribution is 2.52. The number of allylic oxidation sites excluding steroid dienone is 8. The van der Waals surface area contributed by atoms with Gasteiger partial charge in [0.15, 0.2) is 13.1 Å². The van der Waals surface area contributed by atoms with Crippen molar-refractivity contribution in [2.24, 2.45) is 0 Å². The van der Waals surface area contributed by atoms with E-state index in [0.29, 0.717) is 52.3 Å². The standard InChI is InChI=1S/C51H60N4O8S2/c1-6-63-49(56)53-32-30-52(31-33-53)48-38(22-26-44-50(2,3)46-40-16-9-7-14-36(40)20-24-42(46)54(44)28-11-12-34-64(57,58)59)18-19-39(48)23-27-45-51(4,5)47-41-17-10-8-15-37(41)21-25-43(47)55(45)29-13-35-65(60,61)62/h7-10,14-17,20-27H,6,11-13,18-19,28-35H2,1-5H3,(H-,57,58,59,60,61,62). The molecule has 344 valence electrons. The number of amides is 1. The van der Waals surface area contributed by atoms with E-state index >= 15 is 0 Å². The van der Waals surface area contributed by atoms with Crippen molar-refractivity contribution in [2.75, 3.05) is 67.2 Å². The van der Waals surface area contributed by atoms with E-state index in [4.69, 9.17) is 4.74 Å². The molecule has 65 heavy (non-hydrogen) atoms. The number of carbonyl (C=O) groups is 1. The summed E-state index contributed by atoms with van der Waals surface area (Å²) >= 11 is 0. The molecule has 12 nitrogen and oxygen atoms in total. The Labute approximate surface area is 383 Å². The van der Waals surface area contributed by atoms with Crippen LogP contribution >= 0.6 is 0 Å². The fourth-order valence-corrected chi connectivity index (χ4v) is 11.7. The molecule has 4 aromatic carbocycles. The minimum absolute atomic E-state index is 0.254. The number of carbonyl (C=O) groups excluding carboxylic acids is 1. The van der Waals surface area contributed by atoms with E-state index < -0.39 is 36.8 Å². The molecular formula is C51H60N4O8S2. The van der Waals surface area contributed by atoms with E-state index in [1.807, 2.05) is 25.1 Å². The van der Waals surface area contributed by atoms with Crippen LogP contribution in [-0.4, -0.2) is 105 Å². The second kappa shape index (κ2) is 18.2. The monoisotopic (exact) mass is 920 g/mol. The molecule has 0 aromatic heterocycles. The number of unbranched alkanes of at least 4 members (excludes halogenated alkanes) is 1. The molecule has 4 aromatic rings. The molecule has 1 saturated carbocycles. The van der Waals surface area contributed by atoms with Gasteiger partial charge in [0.2, 0.25) is 5.71 Å². The van der Waals surface area contributed by atoms with E-state index in [-0.39, 0.29) is 24.7 Å². The van der Waals surface area contributed by atoms with Gasteiger partial charge in [-0.3, -0.25) is 9.45 Å². The minimum Gasteiger partial charge on any atom is -0.748 e. The zero-order valence-corrected chi connectivity index (χ0v) is 39.7. The number of anilines is 2. The highest BCUT2D eigenvalue weighted by molar-refractivity contribution is 7.85. The lowest BCUT2D eigenvalue weighted by atomic mass is 9.81. The van der Waals surface area contributed by atoms with Crippen LogP contribution in [-0.2, 0) is 35.8 Å². The van der Waals surface area contributed by atoms with Crippen molar-refractivity contribution in [1.29, 1.82) is 0 Å². The van der Waals surface area contributed by atoms with Gasteiger partial charge in [0.05, 0.1) is 35.6 Å². The Hall–Kier alpha value is -5.28. The maximum Gasteiger partial charge on any atom is 0.410 e. The summed E-state index contributed by atoms with van der Waals surface area (Å²) in [7, 11) is -8.47. The summed E-state index contributed by atoms with van der Waals surface area (Å²) in [6, 6.07) is 25.2. The van der Waals surface area contributed by atoms with E-state index in [9.17, 15) is 30.7 Å². The van der Waals surface area contributed by atoms with Gasteiger partial charge in [0.1, 0.15) is 0 Å². The smallest absolute Gasteiger partial charge is 0.410 e. The number of benzene rings is 4. The largest absolute Gasteiger partial charge is 0.748 e. The summed E-state index contributed by atoms with van der Waals surface area (Å²) in [5.74, 6) is -0.731. The van der Waals surface area contributed by atoms with Crippen LogP contribution in [0, 0.1) is 0 Å². The normalized spacial score (nSPS) is 20.9. The topological polar surface area (TPSA) is 151 Å². The van der Waals surface area contributed by atoms with Crippen LogP contribution in [0.5, 0.6) is 0 Å². The van der Waals surface area contributed by atoms with Crippen LogP contribution in [0.2, 0.25) is 0 Å². The van der Waals surface area contributed by atoms with Crippen molar-refractivity contribution in [3.05, 3.63) is 131 Å². The van der Waals surface area contributed by atoms with Gasteiger partial charge in [0.25, 0.3) is 10.1 Å². The van der Waals surface area contributed by atoms with Crippen LogP contribution < -0.4 is 9.80 Å². The second-order valence-corrected chi connectivity index (χ2v) is 21.6. The van der Waals surface area contributed by atoms with Gasteiger partial charge in [-0.1, -0.05) is 101 Å². The number of piperazine rings is 1. The SMILES string of the molecule is CCOC(=O)N1CC[N+](=C2C(=CC=C3N(CCCCS(=O)(=O)[O-])c4ccc5ccccc5c4C3(C)C)CCC2=CC=C2N(CCCS(=O)(=O)O)c3ccc4ccccc4c3C2(C)C)CC1. The van der Waals surface area contributed by atoms with Gasteiger partial charge in [0, 0.05) is 63.6 Å². The molecule has 0 bridgehead atoms. The molecule has 1 N–H and O–H groups in total. The molecular weight excluding hydrogens is 861 g/mol. The average Bonchev–Trinajstić information content (AvgIpc) is 3.84. The average molecular weight is 921 g/mol. The third kappa shape index (κ3) is 9.41. The molecule has 4 aliphatic rings. The third-order valence-corrected chi connectivity index (χ3v) is 15.2. The molecule has 3 heterocycles. The summed E-state index contributed by atoms with van der Waals surface area (Å²) in [5.41, 5.74) is 9.24. The van der Waals surface area contributed by atoms with Crippen molar-refractivity contribution in [2.45, 2.75) is 77.6 Å². The zero-order chi connectivity index (χ0) is 46.3. The number of nitrogens with zero attached hydrogens (tertiary/aromatic N) is 4. The summed E-state index contributed by atoms with van der Waals surface area (Å²) in [6.45, 7) is 14.3. The van der Waals surface area contributed by atoms with Crippen LogP contribution in [0.3, 0.4) is 0 Å². The second-order valence-electron chi connectivity index (χ2n) is 18.5. The fourth-order valence-electron chi connectivity index (χ4n) is 10.6. The molecule has 1 aliphatic carbocycles. The van der Waals surface area contributed by atoms with Crippen LogP contribution in [0.15, 0.2) is 120 Å². The minimum atomic E-state index is -4.32. The Kier molecular flexibility index (Phi) is 12.9. The van der Waals surface area contributed by atoms with Crippen molar-refractivity contribution in [1.82, 2.24) is 4.90 Å². The van der Waals surface area contributed by atoms with E-state index in [0.717, 1.165) is 63.1 Å². The Morgan fingerprint density at radius 2 is 1.20 bits per heavy atom. The van der Waals surface area contributed by atoms with Gasteiger partial charge in [-0.25, -0.2) is 17.8 Å². The number of rotatable bonds is 12. The Balaban J connectivity index is 1.21. The first-order valence-electron chi connectivity index (χ1n) is 22.7. The molecule has 3 aliphatic heterocycles. The van der Waals surface area contributed by atoms with Crippen LogP contribution in [0.4, 0.5) is 16.2 Å². The molecule has 8 rings (SSSR count). The highest BCUT2D eigenvalue weighted by atomic mass is 32.2. The Morgan fingerprint density at radius 3 is 1.68 bits per heavy atom. The van der Waals surface area contributed by atoms with Crippen molar-refractivity contribution >= 4 is 65.0 Å². The summed E-state index contributed by atoms with van der Waals surface area (Å²) in [4.78, 5) is 19.1. The fraction of sp³-hybridized carbons (Fsp3) is 0.412. The van der Waals surface area contributed by atoms with E-state index in [1.54, 1.807) is 4.90 Å². The van der Waals surface area contributed by atoms with Gasteiger partial charge in [-0.15, -0.1) is 0 Å². The van der Waals surface area contributed by atoms with Crippen LogP contribution in [0.25, 0.3) is 21.5 Å². The molecule has 2 fully saturated rings. The third-order valence-electron chi connectivity index (χ3n) is 13.6. The van der Waals surface area contributed by atoms with Crippen LogP contribution in [0.1, 0.15) is 77.8 Å². The predicted octanol–water partition coefficient (Wildman–Crippen LogP) is 8.83. The molecule has 0 spiro atoms. The van der Waals surface area contributed by atoms with Gasteiger partial charge in [-0.2, -0.15) is 8.42 Å². The van der Waals surface area contributed by atoms with Gasteiger partial charge < -0.3 is 19.1 Å². The number of hydrogen-bond donors (Lipinski definition) is 1. The van der Waals surface area contributed by atoms with Crippen molar-refractivity contribution in [3.63, 3.8) is 0 Å². The lowest BCUT2D eigenvalue weighted by molar-refractivity contribution is -0.537. The predicted molar refractivity (Wildman–Crippen MR) is 259 cm³/mol. The summed E-state index contributed by atoms with van der Waals surface area (Å²) < 4.78 is 75.8. The van der Waals surface area contributed by atoms with E-state index in [2.05, 4.69) is 121 Å². The number of fused-ring (bicyclic) bond motifs is 6. The molecule has 0 atom stereocenters. The Morgan fingerprint density at radius 1 is 0.708 bits per heavy atom. The first-order valence-corrected chi connectivity index (χ1v) is 25.9. The first kappa shape index (κ1) is 46.3. The van der Waals surface area contributed by atoms with Crippen molar-refractivity contribution < 1.29 is 40.0 Å². The number of ether oxygens (including phenoxy) is 1.